The average Bonchev–Trinajstić information content (AvgIpc) is 2.64. The summed E-state index contributed by atoms with van der Waals surface area (Å²) in [6.45, 7) is 1.44. The number of hydrogen-bond acceptors (Lipinski definition) is 4. The highest BCUT2D eigenvalue weighted by molar-refractivity contribution is 6.08. The van der Waals surface area contributed by atoms with Gasteiger partial charge in [-0.05, 0) is 44.3 Å². The summed E-state index contributed by atoms with van der Waals surface area (Å²) in [5.74, 6) is 0.366. The van der Waals surface area contributed by atoms with E-state index in [0.717, 1.165) is 13.0 Å². The second-order valence-corrected chi connectivity index (χ2v) is 5.32. The maximum Gasteiger partial charge on any atom is 0.257 e. The van der Waals surface area contributed by atoms with Gasteiger partial charge in [-0.2, -0.15) is 0 Å². The van der Waals surface area contributed by atoms with Gasteiger partial charge in [0.15, 0.2) is 12.4 Å². The molecular formula is C19H23ClN2O3. The Morgan fingerprint density at radius 1 is 0.920 bits per heavy atom. The number of carbonyl (C=O) groups excluding carboxylic acids is 2. The number of ketones is 1. The summed E-state index contributed by atoms with van der Waals surface area (Å²) in [4.78, 5) is 23.9. The second-order valence-electron chi connectivity index (χ2n) is 5.32. The third-order valence-corrected chi connectivity index (χ3v) is 3.45. The van der Waals surface area contributed by atoms with E-state index in [1.807, 2.05) is 25.2 Å². The van der Waals surface area contributed by atoms with Crippen molar-refractivity contribution in [3.05, 3.63) is 65.7 Å². The van der Waals surface area contributed by atoms with Crippen LogP contribution in [0.15, 0.2) is 54.6 Å². The summed E-state index contributed by atoms with van der Waals surface area (Å²) in [5, 5.41) is 5.80. The third kappa shape index (κ3) is 6.95. The summed E-state index contributed by atoms with van der Waals surface area (Å²) in [7, 11) is 1.87. The fourth-order valence-electron chi connectivity index (χ4n) is 2.15. The van der Waals surface area contributed by atoms with Gasteiger partial charge in [-0.3, -0.25) is 9.59 Å². The Balaban J connectivity index is 0.00000312. The molecule has 25 heavy (non-hydrogen) atoms. The number of ether oxygens (including phenoxy) is 1. The first-order chi connectivity index (χ1) is 11.7. The van der Waals surface area contributed by atoms with Crippen LogP contribution in [0.1, 0.15) is 22.3 Å². The molecule has 2 aromatic carbocycles. The Labute approximate surface area is 154 Å². The highest BCUT2D eigenvalue weighted by Crippen LogP contribution is 2.15. The summed E-state index contributed by atoms with van der Waals surface area (Å²) in [5.41, 5.74) is 1.23. The third-order valence-electron chi connectivity index (χ3n) is 3.45. The molecule has 5 nitrogen and oxygen atoms in total. The van der Waals surface area contributed by atoms with E-state index in [9.17, 15) is 9.59 Å². The maximum atomic E-state index is 12.3. The molecule has 2 rings (SSSR count). The lowest BCUT2D eigenvalue weighted by Gasteiger charge is -2.08. The molecule has 0 heterocycles. The summed E-state index contributed by atoms with van der Waals surface area (Å²) < 4.78 is 5.43. The lowest BCUT2D eigenvalue weighted by atomic mass is 10.0. The SMILES string of the molecule is CNCCCNC(=O)COc1ccc(C(=O)c2ccccc2)cc1.Cl. The Morgan fingerprint density at radius 2 is 1.56 bits per heavy atom. The highest BCUT2D eigenvalue weighted by atomic mass is 35.5. The Morgan fingerprint density at radius 3 is 2.20 bits per heavy atom. The molecule has 134 valence electrons. The molecule has 0 fully saturated rings. The van der Waals surface area contributed by atoms with E-state index in [2.05, 4.69) is 10.6 Å². The number of carbonyl (C=O) groups is 2. The van der Waals surface area contributed by atoms with Gasteiger partial charge in [0.1, 0.15) is 5.75 Å². The quantitative estimate of drug-likeness (QED) is 0.531. The van der Waals surface area contributed by atoms with Crippen molar-refractivity contribution >= 4 is 24.1 Å². The minimum atomic E-state index is -0.157. The molecule has 1 amide bonds. The number of benzene rings is 2. The molecule has 0 unspecified atom stereocenters. The van der Waals surface area contributed by atoms with E-state index in [1.54, 1.807) is 36.4 Å². The Kier molecular flexibility index (Phi) is 9.29. The van der Waals surface area contributed by atoms with Crippen LogP contribution in [-0.4, -0.2) is 38.4 Å². The van der Waals surface area contributed by atoms with Gasteiger partial charge in [0, 0.05) is 17.7 Å². The number of amides is 1. The molecule has 0 spiro atoms. The average molecular weight is 363 g/mol. The Hall–Kier alpha value is -2.37. The van der Waals surface area contributed by atoms with Crippen molar-refractivity contribution in [3.8, 4) is 5.75 Å². The largest absolute Gasteiger partial charge is 0.484 e. The van der Waals surface area contributed by atoms with Crippen LogP contribution < -0.4 is 15.4 Å². The van der Waals surface area contributed by atoms with Crippen LogP contribution in [0.3, 0.4) is 0 Å². The highest BCUT2D eigenvalue weighted by Gasteiger charge is 2.08. The van der Waals surface area contributed by atoms with Gasteiger partial charge in [0.05, 0.1) is 0 Å². The molecule has 2 aromatic rings. The molecule has 0 radical (unpaired) electrons. The van der Waals surface area contributed by atoms with Gasteiger partial charge in [-0.15, -0.1) is 12.4 Å². The lowest BCUT2D eigenvalue weighted by molar-refractivity contribution is -0.123. The monoisotopic (exact) mass is 362 g/mol. The van der Waals surface area contributed by atoms with Crippen molar-refractivity contribution in [1.29, 1.82) is 0 Å². The molecule has 2 N–H and O–H groups in total. The zero-order chi connectivity index (χ0) is 17.2. The van der Waals surface area contributed by atoms with Crippen LogP contribution in [0.4, 0.5) is 0 Å². The van der Waals surface area contributed by atoms with Crippen LogP contribution in [0, 0.1) is 0 Å². The lowest BCUT2D eigenvalue weighted by Crippen LogP contribution is -2.30. The zero-order valence-corrected chi connectivity index (χ0v) is 15.0. The maximum absolute atomic E-state index is 12.3. The molecule has 0 aliphatic heterocycles. The van der Waals surface area contributed by atoms with Crippen molar-refractivity contribution in [3.63, 3.8) is 0 Å². The van der Waals surface area contributed by atoms with Gasteiger partial charge in [0.2, 0.25) is 0 Å². The van der Waals surface area contributed by atoms with Gasteiger partial charge in [-0.1, -0.05) is 30.3 Å². The van der Waals surface area contributed by atoms with Crippen molar-refractivity contribution in [1.82, 2.24) is 10.6 Å². The second kappa shape index (κ2) is 11.2. The predicted molar refractivity (Wildman–Crippen MR) is 101 cm³/mol. The summed E-state index contributed by atoms with van der Waals surface area (Å²) in [6.07, 6.45) is 0.874. The van der Waals surface area contributed by atoms with Crippen molar-refractivity contribution in [2.45, 2.75) is 6.42 Å². The first-order valence-corrected chi connectivity index (χ1v) is 7.94. The minimum Gasteiger partial charge on any atom is -0.484 e. The first kappa shape index (κ1) is 20.7. The predicted octanol–water partition coefficient (Wildman–Crippen LogP) is 2.44. The number of halogens is 1. The van der Waals surface area contributed by atoms with E-state index in [-0.39, 0.29) is 30.7 Å². The van der Waals surface area contributed by atoms with Gasteiger partial charge in [-0.25, -0.2) is 0 Å². The van der Waals surface area contributed by atoms with Crippen LogP contribution in [0.2, 0.25) is 0 Å². The molecule has 0 bridgehead atoms. The van der Waals surface area contributed by atoms with Gasteiger partial charge in [0.25, 0.3) is 5.91 Å². The van der Waals surface area contributed by atoms with E-state index in [4.69, 9.17) is 4.74 Å². The standard InChI is InChI=1S/C19H22N2O3.ClH/c1-20-12-5-13-21-18(22)14-24-17-10-8-16(9-11-17)19(23)15-6-3-2-4-7-15;/h2-4,6-11,20H,5,12-14H2,1H3,(H,21,22);1H. The molecular weight excluding hydrogens is 340 g/mol. The summed E-state index contributed by atoms with van der Waals surface area (Å²) in [6, 6.07) is 15.9. The van der Waals surface area contributed by atoms with Crippen LogP contribution in [0.25, 0.3) is 0 Å². The smallest absolute Gasteiger partial charge is 0.257 e. The minimum absolute atomic E-state index is 0. The van der Waals surface area contributed by atoms with Crippen LogP contribution in [0.5, 0.6) is 5.75 Å². The molecule has 0 atom stereocenters. The Bertz CT molecular complexity index is 660. The molecule has 0 aromatic heterocycles. The van der Waals surface area contributed by atoms with E-state index in [1.165, 1.54) is 0 Å². The molecule has 0 saturated heterocycles. The fraction of sp³-hybridized carbons (Fsp3) is 0.263. The first-order valence-electron chi connectivity index (χ1n) is 7.94. The molecule has 0 saturated carbocycles. The van der Waals surface area contributed by atoms with Crippen molar-refractivity contribution in [2.24, 2.45) is 0 Å². The van der Waals surface area contributed by atoms with Crippen LogP contribution in [-0.2, 0) is 4.79 Å². The topological polar surface area (TPSA) is 67.4 Å². The number of nitrogens with one attached hydrogen (secondary N) is 2. The van der Waals surface area contributed by atoms with Crippen molar-refractivity contribution in [2.75, 3.05) is 26.7 Å². The summed E-state index contributed by atoms with van der Waals surface area (Å²) >= 11 is 0. The number of hydrogen-bond donors (Lipinski definition) is 2. The molecule has 6 heteroatoms. The molecule has 0 aliphatic rings. The van der Waals surface area contributed by atoms with Gasteiger partial charge < -0.3 is 15.4 Å². The normalized spacial score (nSPS) is 9.80. The van der Waals surface area contributed by atoms with Gasteiger partial charge >= 0.3 is 0 Å². The van der Waals surface area contributed by atoms with E-state index >= 15 is 0 Å². The van der Waals surface area contributed by atoms with E-state index in [0.29, 0.717) is 23.4 Å². The van der Waals surface area contributed by atoms with Crippen molar-refractivity contribution < 1.29 is 14.3 Å². The van der Waals surface area contributed by atoms with Crippen LogP contribution >= 0.6 is 12.4 Å². The number of rotatable bonds is 9. The fourth-order valence-corrected chi connectivity index (χ4v) is 2.15. The van der Waals surface area contributed by atoms with E-state index < -0.39 is 0 Å². The molecule has 0 aliphatic carbocycles. The zero-order valence-electron chi connectivity index (χ0n) is 14.2.